The van der Waals surface area contributed by atoms with Gasteiger partial charge >= 0.3 is 0 Å². The molecule has 7 nitrogen and oxygen atoms in total. The van der Waals surface area contributed by atoms with Gasteiger partial charge < -0.3 is 5.11 Å². The smallest absolute Gasteiger partial charge is 0.262 e. The van der Waals surface area contributed by atoms with Crippen LogP contribution < -0.4 is 10.5 Å². The standard InChI is InChI=1S/C19H23N3O4/c23-17-2-1-12(6-16(17)22(25)26)11-20-21-18(24)10-19-7-13-3-14(8-19)5-15(4-13)9-19/h1-2,6,11,13-15,23H,3-5,7-10H2,(H,21,24)/p-1/b20-11-. The lowest BCUT2D eigenvalue weighted by molar-refractivity contribution is -0.398. The van der Waals surface area contributed by atoms with E-state index in [9.17, 15) is 20.0 Å². The lowest BCUT2D eigenvalue weighted by atomic mass is 9.49. The number of benzene rings is 1. The van der Waals surface area contributed by atoms with Crippen molar-refractivity contribution in [2.45, 2.75) is 44.9 Å². The number of carbonyl (C=O) groups excluding carboxylic acids is 1. The van der Waals surface area contributed by atoms with E-state index in [4.69, 9.17) is 0 Å². The summed E-state index contributed by atoms with van der Waals surface area (Å²) in [4.78, 5) is 22.4. The van der Waals surface area contributed by atoms with Gasteiger partial charge in [-0.3, -0.25) is 14.9 Å². The molecule has 0 aliphatic heterocycles. The lowest BCUT2D eigenvalue weighted by Gasteiger charge is -2.56. The summed E-state index contributed by atoms with van der Waals surface area (Å²) in [5.74, 6) is 1.65. The average molecular weight is 356 g/mol. The molecular weight excluding hydrogens is 334 g/mol. The van der Waals surface area contributed by atoms with Crippen molar-refractivity contribution in [1.29, 1.82) is 0 Å². The molecule has 0 heterocycles. The maximum absolute atomic E-state index is 12.4. The van der Waals surface area contributed by atoms with Gasteiger partial charge in [-0.25, -0.2) is 5.43 Å². The Kier molecular flexibility index (Phi) is 4.17. The van der Waals surface area contributed by atoms with Gasteiger partial charge in [0.2, 0.25) is 5.91 Å². The number of hydrogen-bond donors (Lipinski definition) is 1. The number of carbonyl (C=O) groups is 1. The van der Waals surface area contributed by atoms with Crippen LogP contribution in [0.5, 0.6) is 5.75 Å². The van der Waals surface area contributed by atoms with E-state index in [1.807, 2.05) is 0 Å². The molecular formula is C19H22N3O4-. The summed E-state index contributed by atoms with van der Waals surface area (Å²) in [6, 6.07) is 3.75. The van der Waals surface area contributed by atoms with Crippen molar-refractivity contribution in [2.24, 2.45) is 28.3 Å². The number of amides is 1. The second kappa shape index (κ2) is 6.37. The fourth-order valence-electron chi connectivity index (χ4n) is 5.82. The number of rotatable bonds is 5. The molecule has 0 saturated heterocycles. The Labute approximate surface area is 151 Å². The van der Waals surface area contributed by atoms with Crippen LogP contribution in [0.4, 0.5) is 5.69 Å². The number of nitrogens with one attached hydrogen (secondary N) is 1. The lowest BCUT2D eigenvalue weighted by Crippen LogP contribution is -2.47. The fourth-order valence-corrected chi connectivity index (χ4v) is 5.82. The van der Waals surface area contributed by atoms with Crippen LogP contribution in [-0.2, 0) is 4.79 Å². The van der Waals surface area contributed by atoms with Crippen LogP contribution in [-0.4, -0.2) is 17.0 Å². The van der Waals surface area contributed by atoms with Crippen molar-refractivity contribution < 1.29 is 14.8 Å². The highest BCUT2D eigenvalue weighted by atomic mass is 16.6. The van der Waals surface area contributed by atoms with Gasteiger partial charge in [0, 0.05) is 18.1 Å². The molecule has 0 aromatic heterocycles. The van der Waals surface area contributed by atoms with Crippen LogP contribution in [0.1, 0.15) is 50.5 Å². The summed E-state index contributed by atoms with van der Waals surface area (Å²) < 4.78 is 0. The van der Waals surface area contributed by atoms with E-state index >= 15 is 0 Å². The molecule has 1 amide bonds. The molecule has 0 spiro atoms. The van der Waals surface area contributed by atoms with Gasteiger partial charge in [-0.2, -0.15) is 5.10 Å². The molecule has 5 rings (SSSR count). The van der Waals surface area contributed by atoms with Crippen LogP contribution in [0.15, 0.2) is 23.3 Å². The van der Waals surface area contributed by atoms with Gasteiger partial charge in [0.15, 0.2) is 0 Å². The zero-order valence-electron chi connectivity index (χ0n) is 14.5. The molecule has 0 radical (unpaired) electrons. The summed E-state index contributed by atoms with van der Waals surface area (Å²) in [6.45, 7) is 0. The third-order valence-corrected chi connectivity index (χ3v) is 6.28. The van der Waals surface area contributed by atoms with E-state index < -0.39 is 16.4 Å². The number of hydrazone groups is 1. The van der Waals surface area contributed by atoms with Crippen molar-refractivity contribution in [1.82, 2.24) is 5.43 Å². The van der Waals surface area contributed by atoms with Crippen LogP contribution in [0, 0.1) is 33.3 Å². The largest absolute Gasteiger partial charge is 0.868 e. The molecule has 4 saturated carbocycles. The third kappa shape index (κ3) is 3.30. The van der Waals surface area contributed by atoms with E-state index in [1.165, 1.54) is 31.5 Å². The van der Waals surface area contributed by atoms with Gasteiger partial charge in [-0.15, -0.1) is 0 Å². The van der Waals surface area contributed by atoms with Gasteiger partial charge in [0.05, 0.1) is 11.1 Å². The Balaban J connectivity index is 1.36. The van der Waals surface area contributed by atoms with E-state index in [0.29, 0.717) is 12.0 Å². The summed E-state index contributed by atoms with van der Waals surface area (Å²) in [6.07, 6.45) is 9.35. The van der Waals surface area contributed by atoms with Gasteiger partial charge in [-0.1, -0.05) is 12.1 Å². The normalized spacial score (nSPS) is 32.1. The zero-order valence-corrected chi connectivity index (χ0v) is 14.5. The monoisotopic (exact) mass is 356 g/mol. The molecule has 26 heavy (non-hydrogen) atoms. The number of hydrogen-bond acceptors (Lipinski definition) is 5. The second-order valence-corrected chi connectivity index (χ2v) is 8.37. The quantitative estimate of drug-likeness (QED) is 0.497. The predicted octanol–water partition coefficient (Wildman–Crippen LogP) is 2.73. The molecule has 0 atom stereocenters. The Morgan fingerprint density at radius 1 is 1.23 bits per heavy atom. The van der Waals surface area contributed by atoms with Crippen molar-refractivity contribution in [3.8, 4) is 5.75 Å². The summed E-state index contributed by atoms with van der Waals surface area (Å²) in [7, 11) is 0. The van der Waals surface area contributed by atoms with Crippen molar-refractivity contribution in [3.05, 3.63) is 33.9 Å². The molecule has 4 bridgehead atoms. The minimum atomic E-state index is -0.717. The minimum absolute atomic E-state index is 0.0989. The highest BCUT2D eigenvalue weighted by molar-refractivity contribution is 5.83. The van der Waals surface area contributed by atoms with Crippen molar-refractivity contribution in [3.63, 3.8) is 0 Å². The van der Waals surface area contributed by atoms with E-state index in [0.717, 1.165) is 49.1 Å². The first-order chi connectivity index (χ1) is 12.4. The predicted molar refractivity (Wildman–Crippen MR) is 93.5 cm³/mol. The Morgan fingerprint density at radius 2 is 1.85 bits per heavy atom. The fraction of sp³-hybridized carbons (Fsp3) is 0.579. The molecule has 1 aromatic rings. The molecule has 4 aliphatic carbocycles. The average Bonchev–Trinajstić information content (AvgIpc) is 2.54. The van der Waals surface area contributed by atoms with Crippen LogP contribution in [0.25, 0.3) is 0 Å². The number of nitrogens with zero attached hydrogens (tertiary/aromatic N) is 2. The topological polar surface area (TPSA) is 108 Å². The van der Waals surface area contributed by atoms with Gasteiger partial charge in [0.1, 0.15) is 0 Å². The van der Waals surface area contributed by atoms with Crippen molar-refractivity contribution >= 4 is 17.8 Å². The first-order valence-corrected chi connectivity index (χ1v) is 9.20. The van der Waals surface area contributed by atoms with Crippen LogP contribution in [0.3, 0.4) is 0 Å². The molecule has 4 aliphatic rings. The maximum atomic E-state index is 12.4. The molecule has 138 valence electrons. The zero-order chi connectivity index (χ0) is 18.3. The highest BCUT2D eigenvalue weighted by Crippen LogP contribution is 2.61. The van der Waals surface area contributed by atoms with Gasteiger partial charge in [-0.05, 0) is 67.4 Å². The first-order valence-electron chi connectivity index (χ1n) is 9.20. The van der Waals surface area contributed by atoms with E-state index in [2.05, 4.69) is 10.5 Å². The van der Waals surface area contributed by atoms with Crippen molar-refractivity contribution in [2.75, 3.05) is 0 Å². The maximum Gasteiger partial charge on any atom is 0.262 e. The van der Waals surface area contributed by atoms with Crippen LogP contribution in [0.2, 0.25) is 0 Å². The summed E-state index contributed by atoms with van der Waals surface area (Å²) in [5.41, 5.74) is 2.62. The summed E-state index contributed by atoms with van der Waals surface area (Å²) in [5, 5.41) is 26.1. The molecule has 1 aromatic carbocycles. The molecule has 1 N–H and O–H groups in total. The van der Waals surface area contributed by atoms with E-state index in [1.54, 1.807) is 0 Å². The van der Waals surface area contributed by atoms with E-state index in [-0.39, 0.29) is 11.3 Å². The minimum Gasteiger partial charge on any atom is -0.868 e. The Hall–Kier alpha value is -2.44. The summed E-state index contributed by atoms with van der Waals surface area (Å²) >= 11 is 0. The number of nitro benzene ring substituents is 1. The van der Waals surface area contributed by atoms with Gasteiger partial charge in [0.25, 0.3) is 5.69 Å². The Morgan fingerprint density at radius 3 is 2.42 bits per heavy atom. The SMILES string of the molecule is O=C(CC12CC3CC(CC(C3)C1)C2)N/N=C\c1ccc([O-])c([N+](=O)[O-])c1. The second-order valence-electron chi connectivity index (χ2n) is 8.37. The first kappa shape index (κ1) is 17.0. The number of nitro groups is 1. The third-order valence-electron chi connectivity index (χ3n) is 6.28. The molecule has 4 fully saturated rings. The molecule has 7 heteroatoms. The Bertz CT molecular complexity index is 739. The van der Waals surface area contributed by atoms with Crippen LogP contribution >= 0.6 is 0 Å². The molecule has 0 unspecified atom stereocenters. The highest BCUT2D eigenvalue weighted by Gasteiger charge is 2.51.